The molecular formula is C19H16F2INO4. The summed E-state index contributed by atoms with van der Waals surface area (Å²) in [7, 11) is 2.47. The molecule has 142 valence electrons. The molecule has 0 bridgehead atoms. The Morgan fingerprint density at radius 1 is 0.926 bits per heavy atom. The molecule has 2 aromatic carbocycles. The molecule has 2 aromatic rings. The third-order valence-corrected chi connectivity index (χ3v) is 4.61. The first kappa shape index (κ1) is 22.5. The molecule has 0 fully saturated rings. The minimum atomic E-state index is -0.710. The van der Waals surface area contributed by atoms with E-state index >= 15 is 0 Å². The van der Waals surface area contributed by atoms with E-state index < -0.39 is 23.6 Å². The Balaban J connectivity index is 0.000000271. The predicted molar refractivity (Wildman–Crippen MR) is 102 cm³/mol. The summed E-state index contributed by atoms with van der Waals surface area (Å²) in [6, 6.07) is 7.13. The maximum atomic E-state index is 13.1. The van der Waals surface area contributed by atoms with Crippen LogP contribution in [0.5, 0.6) is 0 Å². The van der Waals surface area contributed by atoms with E-state index in [0.717, 1.165) is 11.6 Å². The SMILES string of the molecule is COC(=O)c1c(C)ccc(F)c1C#N.COC(=O)c1c(C)ccc(F)c1I. The van der Waals surface area contributed by atoms with Crippen molar-refractivity contribution in [2.45, 2.75) is 13.8 Å². The van der Waals surface area contributed by atoms with Crippen LogP contribution in [0.1, 0.15) is 37.4 Å². The first-order valence-electron chi connectivity index (χ1n) is 7.49. The Labute approximate surface area is 169 Å². The molecule has 0 saturated heterocycles. The number of nitriles is 1. The van der Waals surface area contributed by atoms with Gasteiger partial charge in [-0.3, -0.25) is 0 Å². The first-order valence-corrected chi connectivity index (χ1v) is 8.57. The zero-order chi connectivity index (χ0) is 20.7. The number of carbonyl (C=O) groups excluding carboxylic acids is 2. The molecule has 0 radical (unpaired) electrons. The van der Waals surface area contributed by atoms with E-state index in [1.54, 1.807) is 48.6 Å². The number of hydrogen-bond acceptors (Lipinski definition) is 5. The van der Waals surface area contributed by atoms with E-state index in [0.29, 0.717) is 14.7 Å². The molecule has 0 heterocycles. The quantitative estimate of drug-likeness (QED) is 0.466. The summed E-state index contributed by atoms with van der Waals surface area (Å²) < 4.78 is 35.4. The normalized spacial score (nSPS) is 9.56. The second-order valence-corrected chi connectivity index (χ2v) is 6.34. The van der Waals surface area contributed by atoms with E-state index in [1.165, 1.54) is 26.4 Å². The molecule has 0 spiro atoms. The highest BCUT2D eigenvalue weighted by atomic mass is 127. The Kier molecular flexibility index (Phi) is 8.31. The fraction of sp³-hybridized carbons (Fsp3) is 0.211. The van der Waals surface area contributed by atoms with Crippen LogP contribution < -0.4 is 0 Å². The number of rotatable bonds is 2. The number of aryl methyl sites for hydroxylation is 2. The van der Waals surface area contributed by atoms with Crippen LogP contribution in [0.15, 0.2) is 24.3 Å². The largest absolute Gasteiger partial charge is 0.465 e. The predicted octanol–water partition coefficient (Wildman–Crippen LogP) is 4.32. The van der Waals surface area contributed by atoms with E-state index in [9.17, 15) is 18.4 Å². The number of ether oxygens (including phenoxy) is 2. The van der Waals surface area contributed by atoms with Crippen LogP contribution in [0.25, 0.3) is 0 Å². The zero-order valence-corrected chi connectivity index (χ0v) is 17.2. The van der Waals surface area contributed by atoms with E-state index in [2.05, 4.69) is 9.47 Å². The van der Waals surface area contributed by atoms with Crippen molar-refractivity contribution in [1.29, 1.82) is 5.26 Å². The Hall–Kier alpha value is -2.54. The maximum absolute atomic E-state index is 13.1. The van der Waals surface area contributed by atoms with Gasteiger partial charge in [-0.1, -0.05) is 12.1 Å². The molecule has 0 saturated carbocycles. The number of benzene rings is 2. The van der Waals surface area contributed by atoms with Crippen LogP contribution in [0.3, 0.4) is 0 Å². The van der Waals surface area contributed by atoms with Gasteiger partial charge in [0.15, 0.2) is 0 Å². The van der Waals surface area contributed by atoms with Gasteiger partial charge < -0.3 is 9.47 Å². The van der Waals surface area contributed by atoms with Crippen molar-refractivity contribution in [3.05, 3.63) is 67.3 Å². The highest BCUT2D eigenvalue weighted by Gasteiger charge is 2.18. The lowest BCUT2D eigenvalue weighted by Crippen LogP contribution is -2.08. The molecule has 0 aliphatic heterocycles. The van der Waals surface area contributed by atoms with Crippen LogP contribution in [0.2, 0.25) is 0 Å². The molecule has 0 amide bonds. The second kappa shape index (κ2) is 9.97. The summed E-state index contributed by atoms with van der Waals surface area (Å²) in [6.07, 6.45) is 0. The lowest BCUT2D eigenvalue weighted by Gasteiger charge is -2.06. The molecule has 0 unspecified atom stereocenters. The topological polar surface area (TPSA) is 76.4 Å². The smallest absolute Gasteiger partial charge is 0.339 e. The van der Waals surface area contributed by atoms with E-state index in [-0.39, 0.29) is 11.1 Å². The fourth-order valence-corrected chi connectivity index (χ4v) is 2.98. The van der Waals surface area contributed by atoms with Crippen molar-refractivity contribution in [2.24, 2.45) is 0 Å². The fourth-order valence-electron chi connectivity index (χ4n) is 2.16. The number of methoxy groups -OCH3 is 2. The standard InChI is InChI=1S/C10H8FNO2.C9H8FIO2/c1-6-3-4-8(11)7(5-12)9(6)10(13)14-2;1-5-3-4-6(10)8(11)7(5)9(12)13-2/h3-4H,1-2H3;3-4H,1-2H3. The number of hydrogen-bond donors (Lipinski definition) is 0. The summed E-state index contributed by atoms with van der Waals surface area (Å²) in [5.41, 5.74) is 1.28. The summed E-state index contributed by atoms with van der Waals surface area (Å²) in [5.74, 6) is -2.30. The van der Waals surface area contributed by atoms with Crippen molar-refractivity contribution in [3.8, 4) is 6.07 Å². The highest BCUT2D eigenvalue weighted by molar-refractivity contribution is 14.1. The van der Waals surface area contributed by atoms with Gasteiger partial charge >= 0.3 is 11.9 Å². The Morgan fingerprint density at radius 3 is 1.85 bits per heavy atom. The van der Waals surface area contributed by atoms with Crippen LogP contribution >= 0.6 is 22.6 Å². The third kappa shape index (κ3) is 5.23. The average Bonchev–Trinajstić information content (AvgIpc) is 2.66. The van der Waals surface area contributed by atoms with Gasteiger partial charge in [-0.2, -0.15) is 5.26 Å². The summed E-state index contributed by atoms with van der Waals surface area (Å²) >= 11 is 1.79. The molecule has 2 rings (SSSR count). The Morgan fingerprint density at radius 2 is 1.37 bits per heavy atom. The lowest BCUT2D eigenvalue weighted by molar-refractivity contribution is 0.0589. The summed E-state index contributed by atoms with van der Waals surface area (Å²) in [4.78, 5) is 22.4. The molecule has 0 aliphatic carbocycles. The molecule has 0 aliphatic rings. The number of carbonyl (C=O) groups is 2. The molecular weight excluding hydrogens is 471 g/mol. The lowest BCUT2D eigenvalue weighted by atomic mass is 10.0. The van der Waals surface area contributed by atoms with Gasteiger partial charge in [-0.05, 0) is 59.7 Å². The molecule has 0 aromatic heterocycles. The minimum Gasteiger partial charge on any atom is -0.465 e. The molecule has 5 nitrogen and oxygen atoms in total. The van der Waals surface area contributed by atoms with Crippen molar-refractivity contribution in [2.75, 3.05) is 14.2 Å². The van der Waals surface area contributed by atoms with Crippen LogP contribution in [-0.4, -0.2) is 26.2 Å². The number of nitrogens with zero attached hydrogens (tertiary/aromatic N) is 1. The number of esters is 2. The second-order valence-electron chi connectivity index (χ2n) is 5.26. The summed E-state index contributed by atoms with van der Waals surface area (Å²) in [5, 5.41) is 8.67. The first-order chi connectivity index (χ1) is 12.7. The molecule has 0 atom stereocenters. The van der Waals surface area contributed by atoms with Crippen LogP contribution in [0.4, 0.5) is 8.78 Å². The maximum Gasteiger partial charge on any atom is 0.339 e. The highest BCUT2D eigenvalue weighted by Crippen LogP contribution is 2.20. The van der Waals surface area contributed by atoms with Crippen molar-refractivity contribution < 1.29 is 27.8 Å². The van der Waals surface area contributed by atoms with Gasteiger partial charge in [-0.25, -0.2) is 18.4 Å². The van der Waals surface area contributed by atoms with Crippen LogP contribution in [-0.2, 0) is 9.47 Å². The zero-order valence-electron chi connectivity index (χ0n) is 15.0. The van der Waals surface area contributed by atoms with Gasteiger partial charge in [0.1, 0.15) is 23.3 Å². The monoisotopic (exact) mass is 487 g/mol. The number of halogens is 3. The van der Waals surface area contributed by atoms with Gasteiger partial charge in [0, 0.05) is 0 Å². The van der Waals surface area contributed by atoms with Crippen molar-refractivity contribution in [3.63, 3.8) is 0 Å². The van der Waals surface area contributed by atoms with Gasteiger partial charge in [0.25, 0.3) is 0 Å². The molecule has 8 heteroatoms. The van der Waals surface area contributed by atoms with E-state index in [4.69, 9.17) is 5.26 Å². The third-order valence-electron chi connectivity index (χ3n) is 3.56. The average molecular weight is 487 g/mol. The van der Waals surface area contributed by atoms with Gasteiger partial charge in [0.05, 0.1) is 28.9 Å². The molecule has 27 heavy (non-hydrogen) atoms. The van der Waals surface area contributed by atoms with Gasteiger partial charge in [-0.15, -0.1) is 0 Å². The van der Waals surface area contributed by atoms with Crippen molar-refractivity contribution >= 4 is 34.5 Å². The van der Waals surface area contributed by atoms with Crippen molar-refractivity contribution in [1.82, 2.24) is 0 Å². The van der Waals surface area contributed by atoms with Gasteiger partial charge in [0.2, 0.25) is 0 Å². The Bertz CT molecular complexity index is 923. The molecule has 0 N–H and O–H groups in total. The van der Waals surface area contributed by atoms with E-state index in [1.807, 2.05) is 0 Å². The van der Waals surface area contributed by atoms with Crippen LogP contribution in [0, 0.1) is 40.4 Å². The summed E-state index contributed by atoms with van der Waals surface area (Å²) in [6.45, 7) is 3.36. The minimum absolute atomic E-state index is 0.00463.